The SMILES string of the molecule is CC(C)CC1NC(=O)CN(CCc2cccs2)C1=O. The molecule has 0 saturated carbocycles. The van der Waals surface area contributed by atoms with Gasteiger partial charge in [-0.1, -0.05) is 19.9 Å². The van der Waals surface area contributed by atoms with Crippen molar-refractivity contribution in [2.75, 3.05) is 13.1 Å². The van der Waals surface area contributed by atoms with Crippen molar-refractivity contribution in [2.45, 2.75) is 32.7 Å². The van der Waals surface area contributed by atoms with Gasteiger partial charge in [-0.2, -0.15) is 0 Å². The number of hydrogen-bond acceptors (Lipinski definition) is 3. The topological polar surface area (TPSA) is 49.4 Å². The predicted molar refractivity (Wildman–Crippen MR) is 76.0 cm³/mol. The Morgan fingerprint density at radius 2 is 2.26 bits per heavy atom. The smallest absolute Gasteiger partial charge is 0.245 e. The molecule has 0 aliphatic carbocycles. The number of thiophene rings is 1. The van der Waals surface area contributed by atoms with Crippen LogP contribution in [0.4, 0.5) is 0 Å². The summed E-state index contributed by atoms with van der Waals surface area (Å²) in [6.07, 6.45) is 1.53. The van der Waals surface area contributed by atoms with Crippen molar-refractivity contribution in [1.29, 1.82) is 0 Å². The minimum atomic E-state index is -0.343. The zero-order valence-corrected chi connectivity index (χ0v) is 12.2. The molecule has 5 heteroatoms. The van der Waals surface area contributed by atoms with Gasteiger partial charge in [-0.15, -0.1) is 11.3 Å². The fraction of sp³-hybridized carbons (Fsp3) is 0.571. The highest BCUT2D eigenvalue weighted by Crippen LogP contribution is 2.14. The fourth-order valence-corrected chi connectivity index (χ4v) is 2.99. The van der Waals surface area contributed by atoms with Crippen molar-refractivity contribution in [3.8, 4) is 0 Å². The average Bonchev–Trinajstić information content (AvgIpc) is 2.84. The maximum Gasteiger partial charge on any atom is 0.245 e. The maximum absolute atomic E-state index is 12.3. The lowest BCUT2D eigenvalue weighted by molar-refractivity contribution is -0.144. The molecule has 1 unspecified atom stereocenters. The number of nitrogens with one attached hydrogen (secondary N) is 1. The van der Waals surface area contributed by atoms with E-state index in [2.05, 4.69) is 25.2 Å². The number of amides is 2. The van der Waals surface area contributed by atoms with Crippen molar-refractivity contribution in [3.63, 3.8) is 0 Å². The Kier molecular flexibility index (Phi) is 4.58. The van der Waals surface area contributed by atoms with Crippen molar-refractivity contribution >= 4 is 23.2 Å². The van der Waals surface area contributed by atoms with Crippen LogP contribution >= 0.6 is 11.3 Å². The van der Waals surface area contributed by atoms with E-state index in [1.54, 1.807) is 16.2 Å². The molecule has 0 aromatic carbocycles. The fourth-order valence-electron chi connectivity index (χ4n) is 2.29. The highest BCUT2D eigenvalue weighted by atomic mass is 32.1. The van der Waals surface area contributed by atoms with Crippen molar-refractivity contribution < 1.29 is 9.59 Å². The summed E-state index contributed by atoms with van der Waals surface area (Å²) in [6, 6.07) is 3.72. The number of hydrogen-bond donors (Lipinski definition) is 1. The Hall–Kier alpha value is -1.36. The molecule has 2 amide bonds. The summed E-state index contributed by atoms with van der Waals surface area (Å²) in [5.41, 5.74) is 0. The zero-order chi connectivity index (χ0) is 13.8. The van der Waals surface area contributed by atoms with Gasteiger partial charge < -0.3 is 10.2 Å². The van der Waals surface area contributed by atoms with E-state index in [0.29, 0.717) is 18.9 Å². The molecule has 1 aliphatic heterocycles. The third-order valence-corrected chi connectivity index (χ3v) is 4.13. The predicted octanol–water partition coefficient (Wildman–Crippen LogP) is 1.66. The summed E-state index contributed by atoms with van der Waals surface area (Å²) >= 11 is 1.69. The van der Waals surface area contributed by atoms with E-state index in [9.17, 15) is 9.59 Å². The van der Waals surface area contributed by atoms with Gasteiger partial charge >= 0.3 is 0 Å². The number of nitrogens with zero attached hydrogens (tertiary/aromatic N) is 1. The van der Waals surface area contributed by atoms with Gasteiger partial charge in [-0.3, -0.25) is 9.59 Å². The monoisotopic (exact) mass is 280 g/mol. The van der Waals surface area contributed by atoms with Gasteiger partial charge in [0.1, 0.15) is 6.04 Å². The van der Waals surface area contributed by atoms with Crippen LogP contribution in [0.5, 0.6) is 0 Å². The third-order valence-electron chi connectivity index (χ3n) is 3.19. The Morgan fingerprint density at radius 3 is 2.89 bits per heavy atom. The van der Waals surface area contributed by atoms with E-state index in [-0.39, 0.29) is 24.4 Å². The lowest BCUT2D eigenvalue weighted by Gasteiger charge is -2.33. The van der Waals surface area contributed by atoms with Crippen molar-refractivity contribution in [2.24, 2.45) is 5.92 Å². The van der Waals surface area contributed by atoms with E-state index in [1.165, 1.54) is 4.88 Å². The van der Waals surface area contributed by atoms with Gasteiger partial charge in [-0.25, -0.2) is 0 Å². The van der Waals surface area contributed by atoms with E-state index in [4.69, 9.17) is 0 Å². The van der Waals surface area contributed by atoms with Gasteiger partial charge in [0.05, 0.1) is 6.54 Å². The lowest BCUT2D eigenvalue weighted by atomic mass is 10.0. The van der Waals surface area contributed by atoms with Crippen LogP contribution in [0, 0.1) is 5.92 Å². The number of carbonyl (C=O) groups is 2. The Morgan fingerprint density at radius 1 is 1.47 bits per heavy atom. The Bertz CT molecular complexity index is 442. The molecule has 0 spiro atoms. The highest BCUT2D eigenvalue weighted by molar-refractivity contribution is 7.09. The van der Waals surface area contributed by atoms with Gasteiger partial charge in [0, 0.05) is 11.4 Å². The first-order valence-electron chi connectivity index (χ1n) is 6.67. The van der Waals surface area contributed by atoms with Gasteiger partial charge in [0.15, 0.2) is 0 Å². The minimum absolute atomic E-state index is 0.0450. The first-order valence-corrected chi connectivity index (χ1v) is 7.54. The lowest BCUT2D eigenvalue weighted by Crippen LogP contribution is -2.58. The van der Waals surface area contributed by atoms with Crippen LogP contribution in [0.15, 0.2) is 17.5 Å². The van der Waals surface area contributed by atoms with Gasteiger partial charge in [0.25, 0.3) is 0 Å². The molecule has 1 saturated heterocycles. The maximum atomic E-state index is 12.3. The second-order valence-corrected chi connectivity index (χ2v) is 6.37. The summed E-state index contributed by atoms with van der Waals surface area (Å²) < 4.78 is 0. The first-order chi connectivity index (χ1) is 9.06. The van der Waals surface area contributed by atoms with Crippen molar-refractivity contribution in [3.05, 3.63) is 22.4 Å². The molecule has 1 aliphatic rings. The summed E-state index contributed by atoms with van der Waals surface area (Å²) in [7, 11) is 0. The van der Waals surface area contributed by atoms with Crippen LogP contribution in [-0.2, 0) is 16.0 Å². The van der Waals surface area contributed by atoms with E-state index >= 15 is 0 Å². The summed E-state index contributed by atoms with van der Waals surface area (Å²) in [5, 5.41) is 4.82. The van der Waals surface area contributed by atoms with Crippen LogP contribution < -0.4 is 5.32 Å². The molecule has 1 N–H and O–H groups in total. The molecule has 2 heterocycles. The summed E-state index contributed by atoms with van der Waals surface area (Å²) in [6.45, 7) is 4.94. The molecular formula is C14H20N2O2S. The quantitative estimate of drug-likeness (QED) is 0.892. The van der Waals surface area contributed by atoms with Crippen LogP contribution in [0.1, 0.15) is 25.1 Å². The standard InChI is InChI=1S/C14H20N2O2S/c1-10(2)8-12-14(18)16(9-13(17)15-12)6-5-11-4-3-7-19-11/h3-4,7,10,12H,5-6,8-9H2,1-2H3,(H,15,17). The molecule has 1 aromatic heterocycles. The van der Waals surface area contributed by atoms with E-state index < -0.39 is 0 Å². The van der Waals surface area contributed by atoms with E-state index in [1.807, 2.05) is 11.4 Å². The van der Waals surface area contributed by atoms with Crippen LogP contribution in [0.25, 0.3) is 0 Å². The number of carbonyl (C=O) groups excluding carboxylic acids is 2. The summed E-state index contributed by atoms with van der Waals surface area (Å²) in [4.78, 5) is 26.9. The molecule has 4 nitrogen and oxygen atoms in total. The minimum Gasteiger partial charge on any atom is -0.343 e. The molecule has 1 aromatic rings. The van der Waals surface area contributed by atoms with Crippen LogP contribution in [-0.4, -0.2) is 35.8 Å². The summed E-state index contributed by atoms with van der Waals surface area (Å²) in [5.74, 6) is 0.410. The van der Waals surface area contributed by atoms with Crippen LogP contribution in [0.3, 0.4) is 0 Å². The molecule has 1 fully saturated rings. The second-order valence-electron chi connectivity index (χ2n) is 5.34. The van der Waals surface area contributed by atoms with Gasteiger partial charge in [-0.05, 0) is 30.2 Å². The van der Waals surface area contributed by atoms with E-state index in [0.717, 1.165) is 6.42 Å². The Labute approximate surface area is 117 Å². The van der Waals surface area contributed by atoms with Gasteiger partial charge in [0.2, 0.25) is 11.8 Å². The third kappa shape index (κ3) is 3.80. The molecule has 0 bridgehead atoms. The normalized spacial score (nSPS) is 19.9. The first kappa shape index (κ1) is 14.1. The largest absolute Gasteiger partial charge is 0.343 e. The number of piperazine rings is 1. The molecule has 0 radical (unpaired) electrons. The molecule has 2 rings (SSSR count). The van der Waals surface area contributed by atoms with Crippen molar-refractivity contribution in [1.82, 2.24) is 10.2 Å². The molecule has 1 atom stereocenters. The average molecular weight is 280 g/mol. The molecular weight excluding hydrogens is 260 g/mol. The molecule has 19 heavy (non-hydrogen) atoms. The highest BCUT2D eigenvalue weighted by Gasteiger charge is 2.32. The molecule has 104 valence electrons. The Balaban J connectivity index is 1.95. The van der Waals surface area contributed by atoms with Crippen LogP contribution in [0.2, 0.25) is 0 Å². The number of rotatable bonds is 5. The zero-order valence-electron chi connectivity index (χ0n) is 11.4. The second kappa shape index (κ2) is 6.19.